The fourth-order valence-electron chi connectivity index (χ4n) is 6.86. The molecule has 3 nitrogen and oxygen atoms in total. The first-order valence-electron chi connectivity index (χ1n) is 21.6. The molecule has 1 saturated carbocycles. The fourth-order valence-corrected chi connectivity index (χ4v) is 11.0. The van der Waals surface area contributed by atoms with Gasteiger partial charge in [-0.25, -0.2) is 4.98 Å². The first-order valence-corrected chi connectivity index (χ1v) is 26.3. The predicted molar refractivity (Wildman–Crippen MR) is 225 cm³/mol. The van der Waals surface area contributed by atoms with Crippen molar-refractivity contribution in [3.8, 4) is 33.8 Å². The number of rotatable bonds is 6. The normalized spacial score (nSPS) is 15.8. The quantitative estimate of drug-likeness (QED) is 0.123. The number of pyridine rings is 3. The molecule has 6 heteroatoms. The molecule has 0 unspecified atom stereocenters. The Hall–Kier alpha value is -3.48. The summed E-state index contributed by atoms with van der Waals surface area (Å²) in [7, 11) is 0. The van der Waals surface area contributed by atoms with Crippen LogP contribution in [0.4, 0.5) is 0 Å². The maximum Gasteiger partial charge on any atom is 0.114 e. The summed E-state index contributed by atoms with van der Waals surface area (Å²) in [5, 5.41) is 2.01. The van der Waals surface area contributed by atoms with E-state index in [9.17, 15) is 0 Å². The van der Waals surface area contributed by atoms with Crippen LogP contribution in [-0.2, 0) is 26.5 Å². The van der Waals surface area contributed by atoms with E-state index in [-0.39, 0.29) is 49.8 Å². The smallest absolute Gasteiger partial charge is 0.114 e. The van der Waals surface area contributed by atoms with Crippen molar-refractivity contribution in [1.29, 1.82) is 0 Å². The summed E-state index contributed by atoms with van der Waals surface area (Å²) < 4.78 is 60.2. The van der Waals surface area contributed by atoms with Crippen molar-refractivity contribution in [2.75, 3.05) is 0 Å². The Morgan fingerprint density at radius 2 is 1.64 bits per heavy atom. The molecular formula is C47H49GeIrN3S-2. The van der Waals surface area contributed by atoms with E-state index in [1.807, 2.05) is 81.7 Å². The van der Waals surface area contributed by atoms with Gasteiger partial charge in [-0.15, -0.1) is 23.8 Å². The molecule has 0 N–H and O–H groups in total. The number of benzene rings is 3. The third-order valence-corrected chi connectivity index (χ3v) is 14.7. The minimum Gasteiger partial charge on any atom is -0.305 e. The molecular weight excluding hydrogens is 903 g/mol. The Kier molecular flexibility index (Phi) is 9.82. The van der Waals surface area contributed by atoms with Crippen LogP contribution in [0, 0.1) is 17.5 Å². The van der Waals surface area contributed by atoms with Gasteiger partial charge in [0.25, 0.3) is 0 Å². The van der Waals surface area contributed by atoms with E-state index in [1.54, 1.807) is 6.07 Å². The van der Waals surface area contributed by atoms with Gasteiger partial charge in [0.1, 0.15) is 4.83 Å². The van der Waals surface area contributed by atoms with Crippen LogP contribution in [0.2, 0.25) is 17.3 Å². The fraction of sp³-hybridized carbons (Fsp3) is 0.298. The molecule has 273 valence electrons. The first kappa shape index (κ1) is 30.8. The molecule has 0 bridgehead atoms. The van der Waals surface area contributed by atoms with Gasteiger partial charge in [0.15, 0.2) is 0 Å². The molecule has 1 radical (unpaired) electrons. The Balaban J connectivity index is 0.000000219. The van der Waals surface area contributed by atoms with E-state index in [2.05, 4.69) is 51.5 Å². The molecule has 1 fully saturated rings. The summed E-state index contributed by atoms with van der Waals surface area (Å²) in [5.41, 5.74) is 5.71. The zero-order valence-electron chi connectivity index (χ0n) is 38.2. The molecule has 0 saturated heterocycles. The first-order chi connectivity index (χ1) is 27.9. The SMILES string of the molecule is [2H]C([2H])(c1cc(-c2[c-]cccc2)nc[c]1[Ge]([CH3])([CH3])[CH3])C(C)(C)C.[2H]c1c([2H])c([2H])c(-c2ccc3c(n2)sc2c(-c4cc(C5CCCCC5)ccn4)[c-]ccc23)c([2H])c1[2H].[Ir]. The molecule has 1 aliphatic rings. The third-order valence-electron chi connectivity index (χ3n) is 9.38. The van der Waals surface area contributed by atoms with Crippen LogP contribution in [0.15, 0.2) is 109 Å². The van der Waals surface area contributed by atoms with E-state index >= 15 is 0 Å². The van der Waals surface area contributed by atoms with Crippen LogP contribution < -0.4 is 4.40 Å². The summed E-state index contributed by atoms with van der Waals surface area (Å²) in [4.78, 5) is 14.8. The van der Waals surface area contributed by atoms with Gasteiger partial charge in [0.2, 0.25) is 0 Å². The second-order valence-corrected chi connectivity index (χ2v) is 27.1. The van der Waals surface area contributed by atoms with Gasteiger partial charge in [-0.1, -0.05) is 72.6 Å². The van der Waals surface area contributed by atoms with Crippen molar-refractivity contribution in [3.05, 3.63) is 133 Å². The maximum absolute atomic E-state index is 8.76. The molecule has 53 heavy (non-hydrogen) atoms. The van der Waals surface area contributed by atoms with E-state index in [4.69, 9.17) is 14.6 Å². The number of fused-ring (bicyclic) bond motifs is 3. The minimum atomic E-state index is -2.24. The second kappa shape index (κ2) is 16.9. The van der Waals surface area contributed by atoms with E-state index in [1.165, 1.54) is 49.0 Å². The molecule has 3 aromatic carbocycles. The Labute approximate surface area is 346 Å². The van der Waals surface area contributed by atoms with Crippen LogP contribution in [0.1, 0.15) is 79.5 Å². The summed E-state index contributed by atoms with van der Waals surface area (Å²) in [6, 6.07) is 26.6. The number of hydrogen-bond donors (Lipinski definition) is 0. The van der Waals surface area contributed by atoms with Crippen LogP contribution in [-0.4, -0.2) is 28.2 Å². The Morgan fingerprint density at radius 1 is 0.849 bits per heavy atom. The number of nitrogens with zero attached hydrogens (tertiary/aromatic N) is 3. The topological polar surface area (TPSA) is 38.7 Å². The van der Waals surface area contributed by atoms with Gasteiger partial charge < -0.3 is 4.98 Å². The molecule has 8 rings (SSSR count). The summed E-state index contributed by atoms with van der Waals surface area (Å²) in [6.45, 7) is 5.88. The van der Waals surface area contributed by atoms with Gasteiger partial charge in [0, 0.05) is 31.9 Å². The molecule has 4 heterocycles. The van der Waals surface area contributed by atoms with E-state index in [0.717, 1.165) is 52.8 Å². The van der Waals surface area contributed by atoms with Gasteiger partial charge in [-0.05, 0) is 46.7 Å². The summed E-state index contributed by atoms with van der Waals surface area (Å²) in [6.07, 6.45) is 8.73. The van der Waals surface area contributed by atoms with E-state index < -0.39 is 31.1 Å². The monoisotopic (exact) mass is 961 g/mol. The van der Waals surface area contributed by atoms with E-state index in [0.29, 0.717) is 11.6 Å². The predicted octanol–water partition coefficient (Wildman–Crippen LogP) is 12.7. The van der Waals surface area contributed by atoms with Crippen molar-refractivity contribution in [2.24, 2.45) is 5.41 Å². The second-order valence-electron chi connectivity index (χ2n) is 15.6. The summed E-state index contributed by atoms with van der Waals surface area (Å²) in [5.74, 6) is 7.44. The van der Waals surface area contributed by atoms with Crippen molar-refractivity contribution >= 4 is 49.3 Å². The maximum atomic E-state index is 8.76. The van der Waals surface area contributed by atoms with Gasteiger partial charge in [-0.2, -0.15) is 11.3 Å². The third kappa shape index (κ3) is 9.43. The number of aromatic nitrogens is 3. The molecule has 7 aromatic rings. The van der Waals surface area contributed by atoms with Crippen molar-refractivity contribution in [3.63, 3.8) is 0 Å². The van der Waals surface area contributed by atoms with Crippen LogP contribution >= 0.6 is 11.3 Å². The van der Waals surface area contributed by atoms with Crippen molar-refractivity contribution in [2.45, 2.75) is 82.4 Å². The van der Waals surface area contributed by atoms with Crippen LogP contribution in [0.3, 0.4) is 0 Å². The average Bonchev–Trinajstić information content (AvgIpc) is 3.60. The molecule has 0 atom stereocenters. The average molecular weight is 960 g/mol. The van der Waals surface area contributed by atoms with Gasteiger partial charge in [0.05, 0.1) is 12.5 Å². The standard InChI is InChI=1S/C28H23N2S.C19H26GeN.Ir/c1-3-8-19(9-4-1)21-16-17-29-26(18-21)24-13-7-12-22-23-14-15-25(20-10-5-2-6-11-20)30-28(23)31-27(22)24;1-19(2,3)13-16-12-18(15-10-8-7-9-11-15)21-14-17(16)20(4,5)6;/h2,5-7,10-12,14-19H,1,3-4,8-9H2;7-10,12,14H,13H2,1-6H3;/q2*-1;/i2D,5D,6D,10D,11D;13D2;. The molecule has 0 aliphatic heterocycles. The summed E-state index contributed by atoms with van der Waals surface area (Å²) >= 11 is -0.720. The zero-order chi connectivity index (χ0) is 42.4. The minimum absolute atomic E-state index is 0. The Bertz CT molecular complexity index is 2640. The van der Waals surface area contributed by atoms with Crippen molar-refractivity contribution in [1.82, 2.24) is 15.0 Å². The molecule has 1 aliphatic carbocycles. The largest absolute Gasteiger partial charge is 0.305 e. The number of thiophene rings is 1. The number of hydrogen-bond acceptors (Lipinski definition) is 4. The van der Waals surface area contributed by atoms with Crippen LogP contribution in [0.25, 0.3) is 54.1 Å². The molecule has 0 amide bonds. The van der Waals surface area contributed by atoms with Crippen LogP contribution in [0.5, 0.6) is 0 Å². The zero-order valence-corrected chi connectivity index (χ0v) is 36.5. The molecule has 0 spiro atoms. The Morgan fingerprint density at radius 3 is 2.36 bits per heavy atom. The van der Waals surface area contributed by atoms with Gasteiger partial charge >= 0.3 is 135 Å². The van der Waals surface area contributed by atoms with Crippen molar-refractivity contribution < 1.29 is 29.7 Å². The van der Waals surface area contributed by atoms with Gasteiger partial charge in [-0.3, -0.25) is 0 Å². The molecule has 4 aromatic heterocycles.